The van der Waals surface area contributed by atoms with Crippen molar-refractivity contribution < 1.29 is 9.59 Å². The first-order valence-electron chi connectivity index (χ1n) is 4.60. The first-order chi connectivity index (χ1) is 6.11. The van der Waals surface area contributed by atoms with Crippen LogP contribution in [0, 0.1) is 0 Å². The van der Waals surface area contributed by atoms with Crippen LogP contribution >= 0.6 is 0 Å². The largest absolute Gasteiger partial charge is 0.338 e. The molecule has 1 amide bonds. The molecule has 1 rings (SSSR count). The molecule has 1 aliphatic rings. The third-order valence-corrected chi connectivity index (χ3v) is 2.11. The number of hydrogen-bond acceptors (Lipinski definition) is 3. The zero-order chi connectivity index (χ0) is 9.84. The van der Waals surface area contributed by atoms with Gasteiger partial charge < -0.3 is 10.2 Å². The van der Waals surface area contributed by atoms with Crippen LogP contribution in [0.3, 0.4) is 0 Å². The first kappa shape index (κ1) is 10.2. The number of Topliss-reactive ketones (excluding diaryl/α,β-unsaturated/α-hetero) is 1. The minimum absolute atomic E-state index is 0.395. The molecular formula is C9H16N2O2. The Bertz CT molecular complexity index is 212. The second-order valence-electron chi connectivity index (χ2n) is 3.51. The summed E-state index contributed by atoms with van der Waals surface area (Å²) < 4.78 is 0. The standard InChI is InChI=1S/C9H16N2O2/c1-7(12)9(13)11(2)6-5-10-8-3-4-8/h8,10H,3-6H2,1-2H3. The highest BCUT2D eigenvalue weighted by Gasteiger charge is 2.20. The number of hydrogen-bond donors (Lipinski definition) is 1. The van der Waals surface area contributed by atoms with E-state index in [1.807, 2.05) is 0 Å². The van der Waals surface area contributed by atoms with Crippen molar-refractivity contribution in [1.82, 2.24) is 10.2 Å². The Kier molecular flexibility index (Phi) is 3.42. The van der Waals surface area contributed by atoms with Gasteiger partial charge in [-0.25, -0.2) is 0 Å². The van der Waals surface area contributed by atoms with Gasteiger partial charge in [0.25, 0.3) is 5.91 Å². The van der Waals surface area contributed by atoms with Crippen molar-refractivity contribution in [2.75, 3.05) is 20.1 Å². The molecule has 0 saturated heterocycles. The van der Waals surface area contributed by atoms with Crippen LogP contribution in [0.4, 0.5) is 0 Å². The molecule has 4 nitrogen and oxygen atoms in total. The van der Waals surface area contributed by atoms with E-state index >= 15 is 0 Å². The van der Waals surface area contributed by atoms with Gasteiger partial charge in [0.15, 0.2) is 0 Å². The molecule has 0 radical (unpaired) electrons. The van der Waals surface area contributed by atoms with E-state index in [0.29, 0.717) is 12.6 Å². The predicted molar refractivity (Wildman–Crippen MR) is 49.3 cm³/mol. The molecule has 1 N–H and O–H groups in total. The quantitative estimate of drug-likeness (QED) is 0.601. The van der Waals surface area contributed by atoms with Crippen molar-refractivity contribution in [3.63, 3.8) is 0 Å². The Labute approximate surface area is 78.3 Å². The summed E-state index contributed by atoms with van der Waals surface area (Å²) in [7, 11) is 1.65. The third-order valence-electron chi connectivity index (χ3n) is 2.11. The third kappa shape index (κ3) is 3.55. The van der Waals surface area contributed by atoms with Crippen LogP contribution < -0.4 is 5.32 Å². The normalized spacial score (nSPS) is 15.5. The summed E-state index contributed by atoms with van der Waals surface area (Å²) in [4.78, 5) is 23.2. The highest BCUT2D eigenvalue weighted by molar-refractivity contribution is 6.34. The molecule has 13 heavy (non-hydrogen) atoms. The van der Waals surface area contributed by atoms with Crippen molar-refractivity contribution in [2.45, 2.75) is 25.8 Å². The van der Waals surface area contributed by atoms with Gasteiger partial charge in [0.2, 0.25) is 5.78 Å². The Hall–Kier alpha value is -0.900. The molecule has 0 bridgehead atoms. The maximum Gasteiger partial charge on any atom is 0.289 e. The fourth-order valence-corrected chi connectivity index (χ4v) is 1.09. The number of rotatable bonds is 5. The van der Waals surface area contributed by atoms with Gasteiger partial charge in [0.05, 0.1) is 0 Å². The number of carbonyl (C=O) groups excluding carboxylic acids is 2. The summed E-state index contributed by atoms with van der Waals surface area (Å²) in [6.45, 7) is 2.68. The lowest BCUT2D eigenvalue weighted by Crippen LogP contribution is -2.37. The molecule has 0 aromatic heterocycles. The zero-order valence-corrected chi connectivity index (χ0v) is 8.17. The first-order valence-corrected chi connectivity index (χ1v) is 4.60. The fraction of sp³-hybridized carbons (Fsp3) is 0.778. The van der Waals surface area contributed by atoms with Crippen LogP contribution in [0.5, 0.6) is 0 Å². The van der Waals surface area contributed by atoms with Gasteiger partial charge in [0, 0.05) is 33.1 Å². The van der Waals surface area contributed by atoms with Gasteiger partial charge in [-0.1, -0.05) is 0 Å². The van der Waals surface area contributed by atoms with Crippen molar-refractivity contribution in [3.8, 4) is 0 Å². The number of ketones is 1. The van der Waals surface area contributed by atoms with E-state index in [-0.39, 0.29) is 0 Å². The minimum atomic E-state index is -0.405. The summed E-state index contributed by atoms with van der Waals surface area (Å²) in [5, 5.41) is 3.28. The molecule has 0 aromatic rings. The number of likely N-dealkylation sites (N-methyl/N-ethyl adjacent to an activating group) is 1. The Balaban J connectivity index is 2.11. The van der Waals surface area contributed by atoms with Gasteiger partial charge in [-0.05, 0) is 12.8 Å². The second kappa shape index (κ2) is 4.37. The van der Waals surface area contributed by atoms with E-state index in [0.717, 1.165) is 6.54 Å². The van der Waals surface area contributed by atoms with E-state index in [1.165, 1.54) is 24.7 Å². The summed E-state index contributed by atoms with van der Waals surface area (Å²) in [6, 6.07) is 0.654. The molecule has 74 valence electrons. The SMILES string of the molecule is CC(=O)C(=O)N(C)CCNC1CC1. The second-order valence-corrected chi connectivity index (χ2v) is 3.51. The average molecular weight is 184 g/mol. The topological polar surface area (TPSA) is 49.4 Å². The predicted octanol–water partition coefficient (Wildman–Crippen LogP) is -0.214. The highest BCUT2D eigenvalue weighted by atomic mass is 16.2. The van der Waals surface area contributed by atoms with Crippen LogP contribution in [0.2, 0.25) is 0 Å². The molecule has 1 saturated carbocycles. The van der Waals surface area contributed by atoms with E-state index in [9.17, 15) is 9.59 Å². The lowest BCUT2D eigenvalue weighted by molar-refractivity contribution is -0.142. The van der Waals surface area contributed by atoms with Crippen molar-refractivity contribution in [1.29, 1.82) is 0 Å². The highest BCUT2D eigenvalue weighted by Crippen LogP contribution is 2.17. The summed E-state index contributed by atoms with van der Waals surface area (Å²) in [6.07, 6.45) is 2.48. The molecule has 0 unspecified atom stereocenters. The smallest absolute Gasteiger partial charge is 0.289 e. The van der Waals surface area contributed by atoms with Crippen molar-refractivity contribution in [2.24, 2.45) is 0 Å². The molecule has 4 heteroatoms. The molecule has 1 aliphatic carbocycles. The Morgan fingerprint density at radius 2 is 2.08 bits per heavy atom. The van der Waals surface area contributed by atoms with Gasteiger partial charge in [-0.15, -0.1) is 0 Å². The number of nitrogens with zero attached hydrogens (tertiary/aromatic N) is 1. The van der Waals surface area contributed by atoms with Gasteiger partial charge >= 0.3 is 0 Å². The van der Waals surface area contributed by atoms with Crippen LogP contribution in [0.1, 0.15) is 19.8 Å². The monoisotopic (exact) mass is 184 g/mol. The Morgan fingerprint density at radius 1 is 1.46 bits per heavy atom. The van der Waals surface area contributed by atoms with Crippen LogP contribution in [-0.2, 0) is 9.59 Å². The summed E-state index contributed by atoms with van der Waals surface area (Å²) >= 11 is 0. The summed E-state index contributed by atoms with van der Waals surface area (Å²) in [5.41, 5.74) is 0. The molecular weight excluding hydrogens is 168 g/mol. The van der Waals surface area contributed by atoms with E-state index in [4.69, 9.17) is 0 Å². The van der Waals surface area contributed by atoms with E-state index in [1.54, 1.807) is 7.05 Å². The molecule has 0 aromatic carbocycles. The van der Waals surface area contributed by atoms with Gasteiger partial charge in [-0.2, -0.15) is 0 Å². The lowest BCUT2D eigenvalue weighted by Gasteiger charge is -2.15. The maximum absolute atomic E-state index is 11.1. The van der Waals surface area contributed by atoms with Crippen LogP contribution in [0.15, 0.2) is 0 Å². The molecule has 0 heterocycles. The fourth-order valence-electron chi connectivity index (χ4n) is 1.09. The Morgan fingerprint density at radius 3 is 2.54 bits per heavy atom. The van der Waals surface area contributed by atoms with E-state index < -0.39 is 11.7 Å². The zero-order valence-electron chi connectivity index (χ0n) is 8.17. The molecule has 0 aliphatic heterocycles. The molecule has 1 fully saturated rings. The van der Waals surface area contributed by atoms with Crippen molar-refractivity contribution in [3.05, 3.63) is 0 Å². The average Bonchev–Trinajstić information content (AvgIpc) is 2.86. The molecule has 0 atom stereocenters. The van der Waals surface area contributed by atoms with Gasteiger partial charge in [-0.3, -0.25) is 9.59 Å². The molecule has 0 spiro atoms. The number of amides is 1. The van der Waals surface area contributed by atoms with Crippen LogP contribution in [-0.4, -0.2) is 42.8 Å². The summed E-state index contributed by atoms with van der Waals surface area (Å²) in [5.74, 6) is -0.800. The van der Waals surface area contributed by atoms with Gasteiger partial charge in [0.1, 0.15) is 0 Å². The van der Waals surface area contributed by atoms with Crippen molar-refractivity contribution >= 4 is 11.7 Å². The minimum Gasteiger partial charge on any atom is -0.338 e. The maximum atomic E-state index is 11.1. The van der Waals surface area contributed by atoms with E-state index in [2.05, 4.69) is 5.32 Å². The number of carbonyl (C=O) groups is 2. The number of nitrogens with one attached hydrogen (secondary N) is 1. The lowest BCUT2D eigenvalue weighted by atomic mass is 10.4. The van der Waals surface area contributed by atoms with Crippen LogP contribution in [0.25, 0.3) is 0 Å².